The van der Waals surface area contributed by atoms with Gasteiger partial charge in [-0.1, -0.05) is 6.07 Å². The molecule has 106 valence electrons. The number of benzene rings is 1. The Morgan fingerprint density at radius 3 is 2.90 bits per heavy atom. The SMILES string of the molecule is CNC(=O)c1ccc(C)c(NC=C(C#N)c2nn[nH]n2)c1. The van der Waals surface area contributed by atoms with Crippen LogP contribution in [0.15, 0.2) is 24.4 Å². The summed E-state index contributed by atoms with van der Waals surface area (Å²) in [5, 5.41) is 27.8. The number of rotatable bonds is 4. The van der Waals surface area contributed by atoms with Crippen LogP contribution in [0.4, 0.5) is 5.69 Å². The molecule has 0 aliphatic rings. The predicted octanol–water partition coefficient (Wildman–Crippen LogP) is 0.844. The molecule has 8 heteroatoms. The van der Waals surface area contributed by atoms with E-state index in [-0.39, 0.29) is 17.3 Å². The van der Waals surface area contributed by atoms with E-state index in [9.17, 15) is 4.79 Å². The van der Waals surface area contributed by atoms with Crippen LogP contribution in [-0.4, -0.2) is 33.6 Å². The molecule has 0 unspecified atom stereocenters. The van der Waals surface area contributed by atoms with Crippen LogP contribution in [0.3, 0.4) is 0 Å². The molecule has 21 heavy (non-hydrogen) atoms. The first-order valence-corrected chi connectivity index (χ1v) is 6.09. The lowest BCUT2D eigenvalue weighted by molar-refractivity contribution is 0.0963. The molecule has 1 aromatic heterocycles. The van der Waals surface area contributed by atoms with Crippen LogP contribution >= 0.6 is 0 Å². The Hall–Kier alpha value is -3.21. The van der Waals surface area contributed by atoms with E-state index in [1.54, 1.807) is 19.2 Å². The van der Waals surface area contributed by atoms with Crippen molar-refractivity contribution in [1.29, 1.82) is 5.26 Å². The molecule has 0 spiro atoms. The number of nitriles is 1. The Labute approximate surface area is 120 Å². The highest BCUT2D eigenvalue weighted by molar-refractivity contribution is 5.95. The van der Waals surface area contributed by atoms with Gasteiger partial charge in [-0.25, -0.2) is 0 Å². The lowest BCUT2D eigenvalue weighted by Gasteiger charge is -2.08. The summed E-state index contributed by atoms with van der Waals surface area (Å²) in [5.74, 6) is 0.0193. The lowest BCUT2D eigenvalue weighted by Crippen LogP contribution is -2.17. The zero-order valence-corrected chi connectivity index (χ0v) is 11.5. The second-order valence-corrected chi connectivity index (χ2v) is 4.16. The highest BCUT2D eigenvalue weighted by atomic mass is 16.1. The van der Waals surface area contributed by atoms with Gasteiger partial charge in [0.05, 0.1) is 0 Å². The van der Waals surface area contributed by atoms with E-state index in [0.717, 1.165) is 5.56 Å². The van der Waals surface area contributed by atoms with Gasteiger partial charge >= 0.3 is 0 Å². The summed E-state index contributed by atoms with van der Waals surface area (Å²) in [5.41, 5.74) is 2.40. The second-order valence-electron chi connectivity index (χ2n) is 4.16. The van der Waals surface area contributed by atoms with Crippen LogP contribution in [0.25, 0.3) is 5.57 Å². The summed E-state index contributed by atoms with van der Waals surface area (Å²) >= 11 is 0. The maximum Gasteiger partial charge on any atom is 0.251 e. The van der Waals surface area contributed by atoms with Crippen LogP contribution in [0.5, 0.6) is 0 Å². The Morgan fingerprint density at radius 1 is 1.48 bits per heavy atom. The monoisotopic (exact) mass is 283 g/mol. The largest absolute Gasteiger partial charge is 0.360 e. The maximum atomic E-state index is 11.6. The molecule has 1 heterocycles. The maximum absolute atomic E-state index is 11.6. The van der Waals surface area contributed by atoms with Gasteiger partial charge in [0.25, 0.3) is 5.91 Å². The highest BCUT2D eigenvalue weighted by Gasteiger charge is 2.08. The molecule has 2 aromatic rings. The van der Waals surface area contributed by atoms with E-state index >= 15 is 0 Å². The number of nitrogens with zero attached hydrogens (tertiary/aromatic N) is 4. The number of anilines is 1. The molecule has 0 fully saturated rings. The average Bonchev–Trinajstić information content (AvgIpc) is 3.03. The van der Waals surface area contributed by atoms with Crippen LogP contribution in [0.1, 0.15) is 21.7 Å². The van der Waals surface area contributed by atoms with Crippen molar-refractivity contribution in [2.75, 3.05) is 12.4 Å². The molecule has 1 amide bonds. The molecule has 0 saturated carbocycles. The minimum Gasteiger partial charge on any atom is -0.360 e. The number of aromatic nitrogens is 4. The number of carbonyl (C=O) groups excluding carboxylic acids is 1. The van der Waals surface area contributed by atoms with Gasteiger partial charge in [0.2, 0.25) is 5.82 Å². The third-order valence-electron chi connectivity index (χ3n) is 2.81. The average molecular weight is 283 g/mol. The fraction of sp³-hybridized carbons (Fsp3) is 0.154. The number of allylic oxidation sites excluding steroid dienone is 1. The van der Waals surface area contributed by atoms with E-state index < -0.39 is 0 Å². The summed E-state index contributed by atoms with van der Waals surface area (Å²) < 4.78 is 0. The first-order chi connectivity index (χ1) is 10.2. The number of carbonyl (C=O) groups is 1. The standard InChI is InChI=1S/C13H13N7O/c1-8-3-4-9(13(21)15-2)5-11(8)16-7-10(6-14)12-17-19-20-18-12/h3-5,7,16H,1-2H3,(H,15,21)(H,17,18,19,20). The molecule has 0 bridgehead atoms. The third kappa shape index (κ3) is 3.22. The molecule has 8 nitrogen and oxygen atoms in total. The zero-order valence-electron chi connectivity index (χ0n) is 11.5. The number of aryl methyl sites for hydroxylation is 1. The van der Waals surface area contributed by atoms with Gasteiger partial charge in [0.15, 0.2) is 0 Å². The van der Waals surface area contributed by atoms with Gasteiger partial charge in [-0.15, -0.1) is 10.2 Å². The molecule has 0 aliphatic carbocycles. The minimum atomic E-state index is -0.180. The van der Waals surface area contributed by atoms with Crippen LogP contribution in [0.2, 0.25) is 0 Å². The molecule has 0 saturated heterocycles. The van der Waals surface area contributed by atoms with E-state index in [2.05, 4.69) is 31.3 Å². The van der Waals surface area contributed by atoms with Crippen molar-refractivity contribution in [3.63, 3.8) is 0 Å². The number of hydrogen-bond donors (Lipinski definition) is 3. The van der Waals surface area contributed by atoms with E-state index in [4.69, 9.17) is 5.26 Å². The smallest absolute Gasteiger partial charge is 0.251 e. The number of H-pyrrole nitrogens is 1. The Morgan fingerprint density at radius 2 is 2.29 bits per heavy atom. The molecule has 0 aliphatic heterocycles. The minimum absolute atomic E-state index is 0.180. The normalized spacial score (nSPS) is 10.8. The summed E-state index contributed by atoms with van der Waals surface area (Å²) in [6.45, 7) is 1.89. The van der Waals surface area contributed by atoms with Gasteiger partial charge in [-0.3, -0.25) is 4.79 Å². The van der Waals surface area contributed by atoms with Crippen molar-refractivity contribution in [3.05, 3.63) is 41.4 Å². The summed E-state index contributed by atoms with van der Waals surface area (Å²) in [6, 6.07) is 7.23. The summed E-state index contributed by atoms with van der Waals surface area (Å²) in [6.07, 6.45) is 1.47. The Bertz CT molecular complexity index is 713. The predicted molar refractivity (Wildman–Crippen MR) is 76.0 cm³/mol. The van der Waals surface area contributed by atoms with Crippen molar-refractivity contribution in [2.24, 2.45) is 0 Å². The molecule has 3 N–H and O–H groups in total. The van der Waals surface area contributed by atoms with Gasteiger partial charge in [0.1, 0.15) is 11.6 Å². The lowest BCUT2D eigenvalue weighted by atomic mass is 10.1. The number of hydrogen-bond acceptors (Lipinski definition) is 6. The number of aromatic amines is 1. The fourth-order valence-corrected chi connectivity index (χ4v) is 1.64. The fourth-order valence-electron chi connectivity index (χ4n) is 1.64. The van der Waals surface area contributed by atoms with Crippen LogP contribution in [0, 0.1) is 18.3 Å². The quantitative estimate of drug-likeness (QED) is 0.715. The van der Waals surface area contributed by atoms with Crippen LogP contribution < -0.4 is 10.6 Å². The number of nitrogens with one attached hydrogen (secondary N) is 3. The topological polar surface area (TPSA) is 119 Å². The van der Waals surface area contributed by atoms with Crippen LogP contribution in [-0.2, 0) is 0 Å². The molecular formula is C13H13N7O. The van der Waals surface area contributed by atoms with Crippen molar-refractivity contribution in [2.45, 2.75) is 6.92 Å². The van der Waals surface area contributed by atoms with E-state index in [1.165, 1.54) is 6.20 Å². The molecule has 0 atom stereocenters. The van der Waals surface area contributed by atoms with Crippen molar-refractivity contribution in [1.82, 2.24) is 25.9 Å². The first kappa shape index (κ1) is 14.2. The summed E-state index contributed by atoms with van der Waals surface area (Å²) in [7, 11) is 1.57. The highest BCUT2D eigenvalue weighted by Crippen LogP contribution is 2.18. The van der Waals surface area contributed by atoms with Gasteiger partial charge in [-0.05, 0) is 29.8 Å². The molecule has 1 aromatic carbocycles. The first-order valence-electron chi connectivity index (χ1n) is 6.09. The molecule has 0 radical (unpaired) electrons. The second kappa shape index (κ2) is 6.29. The van der Waals surface area contributed by atoms with Crippen molar-refractivity contribution < 1.29 is 4.79 Å². The Balaban J connectivity index is 2.27. The van der Waals surface area contributed by atoms with Gasteiger partial charge < -0.3 is 10.6 Å². The molecule has 2 rings (SSSR count). The number of tetrazole rings is 1. The van der Waals surface area contributed by atoms with E-state index in [1.807, 2.05) is 19.1 Å². The molecular weight excluding hydrogens is 270 g/mol. The van der Waals surface area contributed by atoms with Crippen molar-refractivity contribution in [3.8, 4) is 6.07 Å². The van der Waals surface area contributed by atoms with E-state index in [0.29, 0.717) is 11.3 Å². The zero-order chi connectivity index (χ0) is 15.2. The third-order valence-corrected chi connectivity index (χ3v) is 2.81. The van der Waals surface area contributed by atoms with Gasteiger partial charge in [-0.2, -0.15) is 10.5 Å². The number of amides is 1. The summed E-state index contributed by atoms with van der Waals surface area (Å²) in [4.78, 5) is 11.6. The van der Waals surface area contributed by atoms with Gasteiger partial charge in [0, 0.05) is 24.5 Å². The van der Waals surface area contributed by atoms with Crippen molar-refractivity contribution >= 4 is 17.2 Å². The Kier molecular flexibility index (Phi) is 4.26.